The molecule has 0 saturated carbocycles. The number of pyridine rings is 2. The van der Waals surface area contributed by atoms with E-state index < -0.39 is 39.7 Å². The van der Waals surface area contributed by atoms with Gasteiger partial charge in [-0.1, -0.05) is 38.1 Å². The van der Waals surface area contributed by atoms with Crippen molar-refractivity contribution in [1.29, 1.82) is 0 Å². The molecule has 2 amide bonds. The molecule has 2 unspecified atom stereocenters. The number of fused-ring (bicyclic) bond motifs is 1. The standard InChI is InChI=1S/C27H31N5O5S/c1-18(2)16-22(31-26(34)20-10-5-8-19-9-6-14-29-25(19)20)27(35)30-21-11-7-15-32(17-23(21)33)38(36,37)24-12-3-4-13-28-24/h3-6,8-10,12-14,18,21-22H,7,11,15-17H2,1-2H3,(H,30,35)(H,31,34). The Morgan fingerprint density at radius 1 is 1.05 bits per heavy atom. The van der Waals surface area contributed by atoms with E-state index >= 15 is 0 Å². The summed E-state index contributed by atoms with van der Waals surface area (Å²) in [6.07, 6.45) is 4.01. The van der Waals surface area contributed by atoms with Gasteiger partial charge in [0.05, 0.1) is 23.7 Å². The van der Waals surface area contributed by atoms with Gasteiger partial charge in [-0.3, -0.25) is 19.4 Å². The van der Waals surface area contributed by atoms with Gasteiger partial charge in [-0.25, -0.2) is 13.4 Å². The zero-order valence-electron chi connectivity index (χ0n) is 21.3. The van der Waals surface area contributed by atoms with E-state index in [0.717, 1.165) is 9.69 Å². The molecule has 3 heterocycles. The van der Waals surface area contributed by atoms with Crippen LogP contribution in [0.4, 0.5) is 0 Å². The third-order valence-electron chi connectivity index (χ3n) is 6.39. The number of para-hydroxylation sites is 1. The number of carbonyl (C=O) groups is 3. The fraction of sp³-hybridized carbons (Fsp3) is 0.370. The molecule has 1 aromatic carbocycles. The molecule has 1 aliphatic rings. The summed E-state index contributed by atoms with van der Waals surface area (Å²) in [5, 5.41) is 6.26. The van der Waals surface area contributed by atoms with Crippen molar-refractivity contribution in [3.05, 3.63) is 66.5 Å². The van der Waals surface area contributed by atoms with E-state index in [1.54, 1.807) is 36.5 Å². The Morgan fingerprint density at radius 3 is 2.55 bits per heavy atom. The summed E-state index contributed by atoms with van der Waals surface area (Å²) in [6, 6.07) is 11.7. The van der Waals surface area contributed by atoms with Crippen LogP contribution in [0.5, 0.6) is 0 Å². The summed E-state index contributed by atoms with van der Waals surface area (Å²) in [6.45, 7) is 3.64. The van der Waals surface area contributed by atoms with Crippen molar-refractivity contribution in [1.82, 2.24) is 24.9 Å². The molecule has 2 atom stereocenters. The number of nitrogens with zero attached hydrogens (tertiary/aromatic N) is 3. The highest BCUT2D eigenvalue weighted by Crippen LogP contribution is 2.19. The second-order valence-electron chi connectivity index (χ2n) is 9.71. The van der Waals surface area contributed by atoms with Crippen LogP contribution in [0.3, 0.4) is 0 Å². The number of sulfonamides is 1. The summed E-state index contributed by atoms with van der Waals surface area (Å²) >= 11 is 0. The van der Waals surface area contributed by atoms with Gasteiger partial charge in [0.1, 0.15) is 6.04 Å². The lowest BCUT2D eigenvalue weighted by molar-refractivity contribution is -0.129. The smallest absolute Gasteiger partial charge is 0.260 e. The van der Waals surface area contributed by atoms with Gasteiger partial charge >= 0.3 is 0 Å². The Labute approximate surface area is 221 Å². The number of ketones is 1. The monoisotopic (exact) mass is 537 g/mol. The van der Waals surface area contributed by atoms with Gasteiger partial charge in [-0.05, 0) is 49.4 Å². The number of rotatable bonds is 8. The van der Waals surface area contributed by atoms with Crippen LogP contribution >= 0.6 is 0 Å². The molecule has 1 fully saturated rings. The van der Waals surface area contributed by atoms with E-state index in [9.17, 15) is 22.8 Å². The summed E-state index contributed by atoms with van der Waals surface area (Å²) in [7, 11) is -3.94. The minimum absolute atomic E-state index is 0.0838. The first-order valence-corrected chi connectivity index (χ1v) is 14.0. The zero-order chi connectivity index (χ0) is 27.3. The molecule has 0 aliphatic carbocycles. The Hall–Kier alpha value is -3.70. The first-order valence-electron chi connectivity index (χ1n) is 12.6. The normalized spacial score (nSPS) is 17.7. The Bertz CT molecular complexity index is 1420. The van der Waals surface area contributed by atoms with Crippen molar-refractivity contribution in [2.75, 3.05) is 13.1 Å². The molecular weight excluding hydrogens is 506 g/mol. The van der Waals surface area contributed by atoms with E-state index in [1.165, 1.54) is 12.3 Å². The van der Waals surface area contributed by atoms with Gasteiger partial charge in [-0.2, -0.15) is 4.31 Å². The number of benzene rings is 1. The number of nitrogens with one attached hydrogen (secondary N) is 2. The summed E-state index contributed by atoms with van der Waals surface area (Å²) < 4.78 is 27.0. The summed E-state index contributed by atoms with van der Waals surface area (Å²) in [4.78, 5) is 47.7. The Balaban J connectivity index is 1.47. The van der Waals surface area contributed by atoms with E-state index in [-0.39, 0.29) is 30.5 Å². The molecule has 38 heavy (non-hydrogen) atoms. The predicted molar refractivity (Wildman–Crippen MR) is 142 cm³/mol. The maximum Gasteiger partial charge on any atom is 0.260 e. The molecule has 11 heteroatoms. The fourth-order valence-electron chi connectivity index (χ4n) is 4.48. The first kappa shape index (κ1) is 27.3. The molecule has 1 aliphatic heterocycles. The molecule has 1 saturated heterocycles. The highest BCUT2D eigenvalue weighted by atomic mass is 32.2. The first-order chi connectivity index (χ1) is 18.2. The van der Waals surface area contributed by atoms with Gasteiger partial charge < -0.3 is 10.6 Å². The van der Waals surface area contributed by atoms with Crippen molar-refractivity contribution >= 4 is 38.5 Å². The molecule has 0 bridgehead atoms. The molecule has 10 nitrogen and oxygen atoms in total. The van der Waals surface area contributed by atoms with Gasteiger partial charge in [0.2, 0.25) is 5.91 Å². The van der Waals surface area contributed by atoms with E-state index in [2.05, 4.69) is 20.6 Å². The summed E-state index contributed by atoms with van der Waals surface area (Å²) in [5.41, 5.74) is 0.884. The van der Waals surface area contributed by atoms with Crippen LogP contribution in [0.1, 0.15) is 43.5 Å². The van der Waals surface area contributed by atoms with E-state index in [1.807, 2.05) is 26.0 Å². The number of hydrogen-bond acceptors (Lipinski definition) is 7. The Kier molecular flexibility index (Phi) is 8.48. The zero-order valence-corrected chi connectivity index (χ0v) is 22.1. The molecule has 3 aromatic rings. The van der Waals surface area contributed by atoms with Crippen LogP contribution in [0, 0.1) is 5.92 Å². The van der Waals surface area contributed by atoms with Crippen LogP contribution in [0.15, 0.2) is 66.0 Å². The molecule has 200 valence electrons. The second kappa shape index (κ2) is 11.8. The molecule has 0 spiro atoms. The van der Waals surface area contributed by atoms with Crippen LogP contribution < -0.4 is 10.6 Å². The van der Waals surface area contributed by atoms with E-state index in [4.69, 9.17) is 0 Å². The minimum Gasteiger partial charge on any atom is -0.344 e. The predicted octanol–water partition coefficient (Wildman–Crippen LogP) is 2.31. The van der Waals surface area contributed by atoms with Crippen molar-refractivity contribution in [3.8, 4) is 0 Å². The van der Waals surface area contributed by atoms with Gasteiger partial charge in [0.25, 0.3) is 15.9 Å². The number of carbonyl (C=O) groups excluding carboxylic acids is 3. The average molecular weight is 538 g/mol. The largest absolute Gasteiger partial charge is 0.344 e. The SMILES string of the molecule is CC(C)CC(NC(=O)c1cccc2cccnc12)C(=O)NC1CCCN(S(=O)(=O)c2ccccn2)CC1=O. The number of hydrogen-bond donors (Lipinski definition) is 2. The maximum atomic E-state index is 13.3. The number of amides is 2. The lowest BCUT2D eigenvalue weighted by Crippen LogP contribution is -2.52. The molecule has 0 radical (unpaired) electrons. The second-order valence-corrected chi connectivity index (χ2v) is 11.6. The Morgan fingerprint density at radius 2 is 1.82 bits per heavy atom. The third-order valence-corrected chi connectivity index (χ3v) is 8.15. The lowest BCUT2D eigenvalue weighted by Gasteiger charge is -2.23. The van der Waals surface area contributed by atoms with Crippen LogP contribution in [0.25, 0.3) is 10.9 Å². The van der Waals surface area contributed by atoms with Crippen LogP contribution in [0.2, 0.25) is 0 Å². The van der Waals surface area contributed by atoms with Crippen LogP contribution in [-0.4, -0.2) is 65.5 Å². The lowest BCUT2D eigenvalue weighted by atomic mass is 10.0. The third kappa shape index (κ3) is 6.22. The highest BCUT2D eigenvalue weighted by molar-refractivity contribution is 7.89. The molecule has 4 rings (SSSR count). The topological polar surface area (TPSA) is 138 Å². The maximum absolute atomic E-state index is 13.3. The highest BCUT2D eigenvalue weighted by Gasteiger charge is 2.35. The number of Topliss-reactive ketones (excluding diaryl/α,β-unsaturated/α-hetero) is 1. The fourth-order valence-corrected chi connectivity index (χ4v) is 5.86. The quantitative estimate of drug-likeness (QED) is 0.450. The van der Waals surface area contributed by atoms with Gasteiger partial charge in [0.15, 0.2) is 10.8 Å². The van der Waals surface area contributed by atoms with Crippen molar-refractivity contribution in [2.45, 2.75) is 50.2 Å². The molecule has 2 aromatic heterocycles. The number of aromatic nitrogens is 2. The van der Waals surface area contributed by atoms with Gasteiger partial charge in [0, 0.05) is 24.3 Å². The van der Waals surface area contributed by atoms with Crippen molar-refractivity contribution in [3.63, 3.8) is 0 Å². The average Bonchev–Trinajstić information content (AvgIpc) is 3.09. The summed E-state index contributed by atoms with van der Waals surface area (Å²) in [5.74, 6) is -1.25. The molecule has 2 N–H and O–H groups in total. The van der Waals surface area contributed by atoms with Crippen molar-refractivity contribution in [2.24, 2.45) is 5.92 Å². The van der Waals surface area contributed by atoms with Crippen LogP contribution in [-0.2, 0) is 19.6 Å². The molecular formula is C27H31N5O5S. The minimum atomic E-state index is -3.94. The van der Waals surface area contributed by atoms with E-state index in [0.29, 0.717) is 23.9 Å². The van der Waals surface area contributed by atoms with Gasteiger partial charge in [-0.15, -0.1) is 0 Å². The van der Waals surface area contributed by atoms with Crippen molar-refractivity contribution < 1.29 is 22.8 Å².